The molecule has 0 saturated carbocycles. The summed E-state index contributed by atoms with van der Waals surface area (Å²) < 4.78 is 44.9. The van der Waals surface area contributed by atoms with E-state index in [9.17, 15) is 18.3 Å². The normalized spacial score (nSPS) is 18.8. The molecular weight excluding hydrogens is 507 g/mol. The fourth-order valence-electron chi connectivity index (χ4n) is 4.25. The van der Waals surface area contributed by atoms with Crippen LogP contribution in [0, 0.1) is 0 Å². The third-order valence-corrected chi connectivity index (χ3v) is 6.37. The molecule has 2 unspecified atom stereocenters. The number of nitrogens with one attached hydrogen (secondary N) is 1. The lowest BCUT2D eigenvalue weighted by molar-refractivity contribution is -0.194. The standard InChI is InChI=1S/C26H23ClF3N5O2/c27-19-8-6-17(7-9-19)22-20(16-4-2-1-3-5-16)15-35(34-22)24-21(32-25(36)26(28,29)30)14-31-23(33-24)18-10-12-37-13-11-18/h1-10,14,20,25,32,36H,11-13,15H2. The van der Waals surface area contributed by atoms with Crippen molar-refractivity contribution < 1.29 is 23.0 Å². The fraction of sp³-hybridized carbons (Fsp3) is 0.269. The van der Waals surface area contributed by atoms with Crippen LogP contribution in [0.3, 0.4) is 0 Å². The van der Waals surface area contributed by atoms with Crippen molar-refractivity contribution >= 4 is 34.4 Å². The molecule has 2 atom stereocenters. The molecule has 37 heavy (non-hydrogen) atoms. The average Bonchev–Trinajstić information content (AvgIpc) is 3.35. The molecule has 0 spiro atoms. The smallest absolute Gasteiger partial charge is 0.377 e. The summed E-state index contributed by atoms with van der Waals surface area (Å²) >= 11 is 6.09. The highest BCUT2D eigenvalue weighted by Crippen LogP contribution is 2.36. The van der Waals surface area contributed by atoms with Gasteiger partial charge in [0.05, 0.1) is 31.7 Å². The lowest BCUT2D eigenvalue weighted by Gasteiger charge is -2.23. The predicted octanol–water partition coefficient (Wildman–Crippen LogP) is 5.23. The van der Waals surface area contributed by atoms with Gasteiger partial charge in [0, 0.05) is 10.9 Å². The fourth-order valence-corrected chi connectivity index (χ4v) is 4.37. The Kier molecular flexibility index (Phi) is 7.14. The van der Waals surface area contributed by atoms with E-state index in [-0.39, 0.29) is 17.4 Å². The van der Waals surface area contributed by atoms with E-state index >= 15 is 0 Å². The number of ether oxygens (including phenoxy) is 1. The number of hydrazone groups is 1. The molecule has 2 N–H and O–H groups in total. The van der Waals surface area contributed by atoms with Gasteiger partial charge in [0.25, 0.3) is 0 Å². The number of benzene rings is 2. The summed E-state index contributed by atoms with van der Waals surface area (Å²) in [6, 6.07) is 16.9. The maximum absolute atomic E-state index is 13.2. The maximum Gasteiger partial charge on any atom is 0.433 e. The van der Waals surface area contributed by atoms with E-state index in [0.717, 1.165) is 22.4 Å². The first-order valence-electron chi connectivity index (χ1n) is 11.6. The van der Waals surface area contributed by atoms with Gasteiger partial charge in [-0.05, 0) is 35.3 Å². The van der Waals surface area contributed by atoms with E-state index in [2.05, 4.69) is 15.3 Å². The van der Waals surface area contributed by atoms with Crippen LogP contribution in [0.15, 0.2) is 72.0 Å². The molecule has 1 aromatic heterocycles. The van der Waals surface area contributed by atoms with Crippen LogP contribution in [0.2, 0.25) is 5.02 Å². The zero-order valence-corrected chi connectivity index (χ0v) is 20.2. The van der Waals surface area contributed by atoms with Crippen molar-refractivity contribution in [2.45, 2.75) is 24.7 Å². The maximum atomic E-state index is 13.2. The molecule has 0 amide bonds. The molecule has 7 nitrogen and oxygen atoms in total. The third kappa shape index (κ3) is 5.61. The molecule has 0 aliphatic carbocycles. The molecule has 2 aromatic carbocycles. The Hall–Kier alpha value is -3.47. The number of aliphatic hydroxyl groups is 1. The second kappa shape index (κ2) is 10.5. The molecule has 0 fully saturated rings. The molecule has 11 heteroatoms. The van der Waals surface area contributed by atoms with Gasteiger partial charge in [0.1, 0.15) is 5.69 Å². The van der Waals surface area contributed by atoms with Crippen LogP contribution in [-0.2, 0) is 4.74 Å². The predicted molar refractivity (Wildman–Crippen MR) is 136 cm³/mol. The van der Waals surface area contributed by atoms with Gasteiger partial charge in [0.15, 0.2) is 11.6 Å². The molecule has 3 heterocycles. The molecule has 0 radical (unpaired) electrons. The van der Waals surface area contributed by atoms with Crippen molar-refractivity contribution in [3.63, 3.8) is 0 Å². The third-order valence-electron chi connectivity index (χ3n) is 6.12. The van der Waals surface area contributed by atoms with Gasteiger partial charge in [-0.15, -0.1) is 0 Å². The van der Waals surface area contributed by atoms with E-state index in [1.54, 1.807) is 17.1 Å². The SMILES string of the molecule is OC(Nc1cnc(C2=CCOCC2)nc1N1CC(c2ccccc2)C(c2ccc(Cl)cc2)=N1)C(F)(F)F. The highest BCUT2D eigenvalue weighted by Gasteiger charge is 2.40. The second-order valence-electron chi connectivity index (χ2n) is 8.61. The van der Waals surface area contributed by atoms with Crippen molar-refractivity contribution in [3.05, 3.63) is 88.8 Å². The highest BCUT2D eigenvalue weighted by molar-refractivity contribution is 6.30. The Balaban J connectivity index is 1.59. The van der Waals surface area contributed by atoms with Crippen LogP contribution in [-0.4, -0.2) is 52.9 Å². The van der Waals surface area contributed by atoms with Crippen molar-refractivity contribution in [2.24, 2.45) is 5.10 Å². The van der Waals surface area contributed by atoms with E-state index in [1.807, 2.05) is 48.5 Å². The summed E-state index contributed by atoms with van der Waals surface area (Å²) in [7, 11) is 0. The largest absolute Gasteiger partial charge is 0.433 e. The molecule has 3 aromatic rings. The molecular formula is C26H23ClF3N5O2. The first-order valence-corrected chi connectivity index (χ1v) is 12.0. The van der Waals surface area contributed by atoms with E-state index in [0.29, 0.717) is 37.0 Å². The topological polar surface area (TPSA) is 82.9 Å². The summed E-state index contributed by atoms with van der Waals surface area (Å²) in [6.45, 7) is 1.22. The number of aliphatic hydroxyl groups excluding tert-OH is 1. The van der Waals surface area contributed by atoms with Gasteiger partial charge < -0.3 is 15.2 Å². The lowest BCUT2D eigenvalue weighted by Crippen LogP contribution is -2.36. The van der Waals surface area contributed by atoms with E-state index in [1.165, 1.54) is 6.20 Å². The van der Waals surface area contributed by atoms with Gasteiger partial charge in [-0.3, -0.25) is 0 Å². The molecule has 0 bridgehead atoms. The molecule has 2 aliphatic heterocycles. The van der Waals surface area contributed by atoms with Crippen LogP contribution in [0.25, 0.3) is 5.57 Å². The highest BCUT2D eigenvalue weighted by atomic mass is 35.5. The number of anilines is 2. The van der Waals surface area contributed by atoms with Gasteiger partial charge in [-0.25, -0.2) is 15.0 Å². The quantitative estimate of drug-likeness (QED) is 0.425. The number of aromatic nitrogens is 2. The number of halogens is 4. The summed E-state index contributed by atoms with van der Waals surface area (Å²) in [4.78, 5) is 8.87. The number of alkyl halides is 3. The van der Waals surface area contributed by atoms with E-state index in [4.69, 9.17) is 21.4 Å². The number of hydrogen-bond acceptors (Lipinski definition) is 7. The first-order chi connectivity index (χ1) is 17.8. The Morgan fingerprint density at radius 3 is 2.54 bits per heavy atom. The van der Waals surface area contributed by atoms with Crippen LogP contribution in [0.5, 0.6) is 0 Å². The number of rotatable bonds is 6. The van der Waals surface area contributed by atoms with Crippen molar-refractivity contribution in [1.82, 2.24) is 9.97 Å². The Morgan fingerprint density at radius 2 is 1.86 bits per heavy atom. The Morgan fingerprint density at radius 1 is 1.11 bits per heavy atom. The molecule has 192 valence electrons. The van der Waals surface area contributed by atoms with Crippen molar-refractivity contribution in [2.75, 3.05) is 30.1 Å². The van der Waals surface area contributed by atoms with Crippen LogP contribution < -0.4 is 10.3 Å². The minimum Gasteiger partial charge on any atom is -0.377 e. The zero-order valence-electron chi connectivity index (χ0n) is 19.5. The average molecular weight is 530 g/mol. The molecule has 5 rings (SSSR count). The minimum atomic E-state index is -4.88. The lowest BCUT2D eigenvalue weighted by atomic mass is 9.91. The van der Waals surface area contributed by atoms with Gasteiger partial charge in [0.2, 0.25) is 6.23 Å². The van der Waals surface area contributed by atoms with Crippen molar-refractivity contribution in [1.29, 1.82) is 0 Å². The molecule has 2 aliphatic rings. The number of nitrogens with zero attached hydrogens (tertiary/aromatic N) is 4. The summed E-state index contributed by atoms with van der Waals surface area (Å²) in [5, 5.41) is 18.8. The zero-order chi connectivity index (χ0) is 26.0. The molecule has 0 saturated heterocycles. The van der Waals surface area contributed by atoms with Gasteiger partial charge in [-0.1, -0.05) is 60.1 Å². The monoisotopic (exact) mass is 529 g/mol. The summed E-state index contributed by atoms with van der Waals surface area (Å²) in [5.41, 5.74) is 3.28. The minimum absolute atomic E-state index is 0.0887. The van der Waals surface area contributed by atoms with E-state index < -0.39 is 12.4 Å². The summed E-state index contributed by atoms with van der Waals surface area (Å²) in [5.74, 6) is 0.311. The Labute approximate surface area is 216 Å². The van der Waals surface area contributed by atoms with Crippen LogP contribution >= 0.6 is 11.6 Å². The van der Waals surface area contributed by atoms with Gasteiger partial charge in [-0.2, -0.15) is 18.3 Å². The second-order valence-corrected chi connectivity index (χ2v) is 9.05. The van der Waals surface area contributed by atoms with Crippen LogP contribution in [0.1, 0.15) is 29.3 Å². The Bertz CT molecular complexity index is 1320. The van der Waals surface area contributed by atoms with Gasteiger partial charge >= 0.3 is 6.18 Å². The first kappa shape index (κ1) is 25.2. The number of hydrogen-bond donors (Lipinski definition) is 2. The summed E-state index contributed by atoms with van der Waals surface area (Å²) in [6.07, 6.45) is -4.01. The van der Waals surface area contributed by atoms with Crippen molar-refractivity contribution in [3.8, 4) is 0 Å². The van der Waals surface area contributed by atoms with Crippen LogP contribution in [0.4, 0.5) is 24.7 Å².